The highest BCUT2D eigenvalue weighted by Crippen LogP contribution is 2.38. The molecule has 0 bridgehead atoms. The molecule has 1 aromatic carbocycles. The number of rotatable bonds is 3. The number of nitrogens with zero attached hydrogens (tertiary/aromatic N) is 2. The molecule has 1 saturated carbocycles. The Labute approximate surface area is 165 Å². The number of aliphatic hydroxyl groups excluding tert-OH is 1. The summed E-state index contributed by atoms with van der Waals surface area (Å²) in [6, 6.07) is 9.76. The molecule has 1 aromatic heterocycles. The van der Waals surface area contributed by atoms with Gasteiger partial charge in [0.1, 0.15) is 5.56 Å². The number of fused-ring (bicyclic) bond motifs is 1. The summed E-state index contributed by atoms with van der Waals surface area (Å²) in [4.78, 5) is 28.3. The van der Waals surface area contributed by atoms with Crippen molar-refractivity contribution in [2.24, 2.45) is 11.8 Å². The van der Waals surface area contributed by atoms with E-state index in [1.165, 1.54) is 0 Å². The fraction of sp³-hybridized carbons (Fsp3) is 0.478. The van der Waals surface area contributed by atoms with E-state index in [0.717, 1.165) is 24.1 Å². The largest absolute Gasteiger partial charge is 0.393 e. The molecular weight excluding hydrogens is 352 g/mol. The van der Waals surface area contributed by atoms with E-state index >= 15 is 0 Å². The Kier molecular flexibility index (Phi) is 4.88. The second-order valence-corrected chi connectivity index (χ2v) is 8.65. The van der Waals surface area contributed by atoms with Gasteiger partial charge in [-0.2, -0.15) is 0 Å². The zero-order chi connectivity index (χ0) is 20.0. The smallest absolute Gasteiger partial charge is 0.268 e. The number of likely N-dealkylation sites (tertiary alicyclic amines) is 1. The first-order chi connectivity index (χ1) is 13.3. The van der Waals surface area contributed by atoms with Crippen molar-refractivity contribution in [2.45, 2.75) is 45.6 Å². The summed E-state index contributed by atoms with van der Waals surface area (Å²) >= 11 is 0. The van der Waals surface area contributed by atoms with E-state index in [4.69, 9.17) is 0 Å². The molecule has 0 spiro atoms. The summed E-state index contributed by atoms with van der Waals surface area (Å²) in [7, 11) is 0. The lowest BCUT2D eigenvalue weighted by Crippen LogP contribution is -2.36. The van der Waals surface area contributed by atoms with Gasteiger partial charge in [-0.05, 0) is 66.8 Å². The lowest BCUT2D eigenvalue weighted by atomic mass is 10.0. The van der Waals surface area contributed by atoms with Crippen molar-refractivity contribution in [3.8, 4) is 5.69 Å². The molecule has 2 aliphatic rings. The minimum atomic E-state index is -0.261. The Morgan fingerprint density at radius 3 is 2.46 bits per heavy atom. The van der Waals surface area contributed by atoms with Crippen LogP contribution in [-0.4, -0.2) is 39.7 Å². The maximum Gasteiger partial charge on any atom is 0.268 e. The molecule has 1 aliphatic heterocycles. The fourth-order valence-electron chi connectivity index (χ4n) is 4.72. The number of aromatic nitrogens is 1. The predicted octanol–water partition coefficient (Wildman–Crippen LogP) is 3.11. The van der Waals surface area contributed by atoms with Gasteiger partial charge in [0.15, 0.2) is 0 Å². The van der Waals surface area contributed by atoms with Crippen molar-refractivity contribution in [2.75, 3.05) is 13.1 Å². The molecule has 0 radical (unpaired) electrons. The number of carbonyl (C=O) groups is 1. The first-order valence-corrected chi connectivity index (χ1v) is 10.1. The Morgan fingerprint density at radius 1 is 1.14 bits per heavy atom. The van der Waals surface area contributed by atoms with E-state index < -0.39 is 0 Å². The zero-order valence-corrected chi connectivity index (χ0v) is 16.8. The van der Waals surface area contributed by atoms with Crippen LogP contribution in [0.25, 0.3) is 5.69 Å². The third-order valence-electron chi connectivity index (χ3n) is 6.34. The van der Waals surface area contributed by atoms with Crippen LogP contribution in [0, 0.1) is 18.8 Å². The summed E-state index contributed by atoms with van der Waals surface area (Å²) in [5, 5.41) is 9.83. The van der Waals surface area contributed by atoms with Crippen molar-refractivity contribution in [1.82, 2.24) is 9.47 Å². The van der Waals surface area contributed by atoms with Gasteiger partial charge in [-0.1, -0.05) is 26.0 Å². The molecule has 1 saturated heterocycles. The predicted molar refractivity (Wildman–Crippen MR) is 109 cm³/mol. The summed E-state index contributed by atoms with van der Waals surface area (Å²) in [6.45, 7) is 7.33. The molecule has 2 fully saturated rings. The molecule has 1 N–H and O–H groups in total. The van der Waals surface area contributed by atoms with Gasteiger partial charge in [0.05, 0.1) is 6.10 Å². The van der Waals surface area contributed by atoms with Gasteiger partial charge in [0, 0.05) is 25.0 Å². The van der Waals surface area contributed by atoms with Gasteiger partial charge in [-0.25, -0.2) is 0 Å². The summed E-state index contributed by atoms with van der Waals surface area (Å²) < 4.78 is 1.58. The molecule has 148 valence electrons. The molecule has 28 heavy (non-hydrogen) atoms. The average molecular weight is 380 g/mol. The van der Waals surface area contributed by atoms with Crippen molar-refractivity contribution in [1.29, 1.82) is 0 Å². The highest BCUT2D eigenvalue weighted by atomic mass is 16.3. The molecule has 5 heteroatoms. The lowest BCUT2D eigenvalue weighted by Gasteiger charge is -2.20. The van der Waals surface area contributed by atoms with Crippen LogP contribution in [0.1, 0.15) is 54.1 Å². The molecule has 5 nitrogen and oxygen atoms in total. The maximum atomic E-state index is 13.2. The zero-order valence-electron chi connectivity index (χ0n) is 16.8. The van der Waals surface area contributed by atoms with E-state index in [1.54, 1.807) is 15.7 Å². The Bertz CT molecular complexity index is 949. The van der Waals surface area contributed by atoms with E-state index in [2.05, 4.69) is 19.9 Å². The summed E-state index contributed by atoms with van der Waals surface area (Å²) in [6.07, 6.45) is 3.03. The fourth-order valence-corrected chi connectivity index (χ4v) is 4.72. The Morgan fingerprint density at radius 2 is 1.82 bits per heavy atom. The van der Waals surface area contributed by atoms with Gasteiger partial charge in [0.2, 0.25) is 0 Å². The molecule has 2 heterocycles. The third-order valence-corrected chi connectivity index (χ3v) is 6.34. The molecule has 1 aliphatic carbocycles. The van der Waals surface area contributed by atoms with Gasteiger partial charge in [0.25, 0.3) is 11.5 Å². The van der Waals surface area contributed by atoms with Gasteiger partial charge >= 0.3 is 0 Å². The van der Waals surface area contributed by atoms with Crippen LogP contribution in [0.5, 0.6) is 0 Å². The lowest BCUT2D eigenvalue weighted by molar-refractivity contribution is 0.0762. The standard InChI is InChI=1S/C23H28N2O3/c1-14(2)16-5-4-6-19(9-16)25-8-7-15(3)21(23(25)28)22(27)24-12-17-10-20(26)11-18(17)13-24/h4-9,14,17-18,20,26H,10-13H2,1-3H3/t17-,18+,20?. The second kappa shape index (κ2) is 7.21. The first kappa shape index (κ1) is 18.9. The van der Waals surface area contributed by atoms with Crippen LogP contribution in [0.3, 0.4) is 0 Å². The number of hydrogen-bond donors (Lipinski definition) is 1. The van der Waals surface area contributed by atoms with Crippen LogP contribution < -0.4 is 5.56 Å². The normalized spacial score (nSPS) is 24.0. The first-order valence-electron chi connectivity index (χ1n) is 10.1. The number of aliphatic hydroxyl groups is 1. The number of pyridine rings is 1. The number of benzene rings is 1. The van der Waals surface area contributed by atoms with Crippen molar-refractivity contribution in [3.05, 3.63) is 63.6 Å². The highest BCUT2D eigenvalue weighted by molar-refractivity contribution is 5.95. The van der Waals surface area contributed by atoms with Crippen molar-refractivity contribution in [3.63, 3.8) is 0 Å². The van der Waals surface area contributed by atoms with Crippen LogP contribution in [0.2, 0.25) is 0 Å². The van der Waals surface area contributed by atoms with Gasteiger partial charge < -0.3 is 10.0 Å². The highest BCUT2D eigenvalue weighted by Gasteiger charge is 2.42. The Balaban J connectivity index is 1.67. The monoisotopic (exact) mass is 380 g/mol. The minimum Gasteiger partial charge on any atom is -0.393 e. The molecule has 3 atom stereocenters. The van der Waals surface area contributed by atoms with Crippen LogP contribution >= 0.6 is 0 Å². The quantitative estimate of drug-likeness (QED) is 0.890. The van der Waals surface area contributed by atoms with Crippen LogP contribution in [0.4, 0.5) is 0 Å². The average Bonchev–Trinajstić information content (AvgIpc) is 3.19. The topological polar surface area (TPSA) is 62.5 Å². The number of aryl methyl sites for hydroxylation is 1. The van der Waals surface area contributed by atoms with E-state index in [9.17, 15) is 14.7 Å². The van der Waals surface area contributed by atoms with Crippen LogP contribution in [0.15, 0.2) is 41.3 Å². The van der Waals surface area contributed by atoms with Crippen molar-refractivity contribution < 1.29 is 9.90 Å². The second-order valence-electron chi connectivity index (χ2n) is 8.65. The minimum absolute atomic E-state index is 0.180. The third kappa shape index (κ3) is 3.28. The molecule has 1 unspecified atom stereocenters. The van der Waals surface area contributed by atoms with E-state index in [1.807, 2.05) is 31.2 Å². The molecule has 2 aromatic rings. The summed E-state index contributed by atoms with van der Waals surface area (Å²) in [5.41, 5.74) is 2.65. The van der Waals surface area contributed by atoms with Crippen molar-refractivity contribution >= 4 is 5.91 Å². The number of amides is 1. The Hall–Kier alpha value is -2.40. The van der Waals surface area contributed by atoms with E-state index in [0.29, 0.717) is 36.4 Å². The van der Waals surface area contributed by atoms with Gasteiger partial charge in [-0.3, -0.25) is 14.2 Å². The van der Waals surface area contributed by atoms with Crippen LogP contribution in [-0.2, 0) is 0 Å². The number of carbonyl (C=O) groups excluding carboxylic acids is 1. The van der Waals surface area contributed by atoms with Gasteiger partial charge in [-0.15, -0.1) is 0 Å². The number of hydrogen-bond acceptors (Lipinski definition) is 3. The SMILES string of the molecule is Cc1ccn(-c2cccc(C(C)C)c2)c(=O)c1C(=O)N1C[C@H]2CC(O)C[C@H]2C1. The maximum absolute atomic E-state index is 13.2. The molecule has 4 rings (SSSR count). The molecule has 1 amide bonds. The van der Waals surface area contributed by atoms with E-state index in [-0.39, 0.29) is 23.1 Å². The summed E-state index contributed by atoms with van der Waals surface area (Å²) in [5.74, 6) is 0.892. The molecular formula is C23H28N2O3.